The van der Waals surface area contributed by atoms with Gasteiger partial charge in [0.25, 0.3) is 0 Å². The van der Waals surface area contributed by atoms with Crippen LogP contribution in [-0.4, -0.2) is 18.7 Å². The molecular formula is C11H14O4S. The smallest absolute Gasteiger partial charge is 0.351 e. The molecule has 0 saturated heterocycles. The van der Waals surface area contributed by atoms with Crippen LogP contribution in [-0.2, 0) is 14.3 Å². The second-order valence-corrected chi connectivity index (χ2v) is 5.16. The molecule has 88 valence electrons. The summed E-state index contributed by atoms with van der Waals surface area (Å²) < 4.78 is 9.58. The molecule has 16 heavy (non-hydrogen) atoms. The summed E-state index contributed by atoms with van der Waals surface area (Å²) in [5.41, 5.74) is -0.588. The molecule has 0 fully saturated rings. The number of ether oxygens (including phenoxy) is 2. The van der Waals surface area contributed by atoms with Crippen LogP contribution < -0.4 is 0 Å². The summed E-state index contributed by atoms with van der Waals surface area (Å²) in [6, 6.07) is 3.40. The van der Waals surface area contributed by atoms with Crippen molar-refractivity contribution in [3.8, 4) is 0 Å². The second kappa shape index (κ2) is 5.12. The standard InChI is InChI=1S/C11H14O4S/c1-11(2,3)10(13)15-7-14-9(12)8-5-4-6-16-8/h4-6H,7H2,1-3H3. The normalized spacial score (nSPS) is 10.9. The predicted octanol–water partition coefficient (Wildman–Crippen LogP) is 2.45. The lowest BCUT2D eigenvalue weighted by atomic mass is 9.98. The molecule has 1 aromatic rings. The van der Waals surface area contributed by atoms with Gasteiger partial charge in [0.1, 0.15) is 4.88 Å². The van der Waals surface area contributed by atoms with Crippen LogP contribution in [0.25, 0.3) is 0 Å². The lowest BCUT2D eigenvalue weighted by Crippen LogP contribution is -2.24. The van der Waals surface area contributed by atoms with E-state index >= 15 is 0 Å². The monoisotopic (exact) mass is 242 g/mol. The molecule has 0 unspecified atom stereocenters. The summed E-state index contributed by atoms with van der Waals surface area (Å²) in [6.07, 6.45) is 0. The largest absolute Gasteiger partial charge is 0.427 e. The summed E-state index contributed by atoms with van der Waals surface area (Å²) in [5.74, 6) is -0.872. The Hall–Kier alpha value is -1.36. The third kappa shape index (κ3) is 3.66. The number of carbonyl (C=O) groups excluding carboxylic acids is 2. The van der Waals surface area contributed by atoms with Crippen molar-refractivity contribution in [3.63, 3.8) is 0 Å². The highest BCUT2D eigenvalue weighted by Gasteiger charge is 2.23. The van der Waals surface area contributed by atoms with Gasteiger partial charge >= 0.3 is 11.9 Å². The molecule has 1 rings (SSSR count). The van der Waals surface area contributed by atoms with Crippen molar-refractivity contribution in [3.05, 3.63) is 22.4 Å². The number of carbonyl (C=O) groups is 2. The van der Waals surface area contributed by atoms with Gasteiger partial charge in [-0.05, 0) is 32.2 Å². The molecule has 0 aliphatic heterocycles. The van der Waals surface area contributed by atoms with E-state index in [4.69, 9.17) is 9.47 Å². The lowest BCUT2D eigenvalue weighted by Gasteiger charge is -2.16. The summed E-state index contributed by atoms with van der Waals surface area (Å²) in [4.78, 5) is 23.1. The van der Waals surface area contributed by atoms with Crippen LogP contribution >= 0.6 is 11.3 Å². The fraction of sp³-hybridized carbons (Fsp3) is 0.455. The van der Waals surface area contributed by atoms with Gasteiger partial charge in [-0.2, -0.15) is 0 Å². The van der Waals surface area contributed by atoms with Gasteiger partial charge in [0.2, 0.25) is 6.79 Å². The third-order valence-electron chi connectivity index (χ3n) is 1.71. The van der Waals surface area contributed by atoms with Crippen molar-refractivity contribution < 1.29 is 19.1 Å². The van der Waals surface area contributed by atoms with Gasteiger partial charge < -0.3 is 9.47 Å². The van der Waals surface area contributed by atoms with Crippen LogP contribution in [0.5, 0.6) is 0 Å². The molecule has 0 amide bonds. The topological polar surface area (TPSA) is 52.6 Å². The van der Waals surface area contributed by atoms with Gasteiger partial charge in [0.05, 0.1) is 5.41 Å². The minimum Gasteiger partial charge on any atom is -0.427 e. The number of rotatable bonds is 3. The Morgan fingerprint density at radius 1 is 1.31 bits per heavy atom. The molecule has 1 aromatic heterocycles. The first-order chi connectivity index (χ1) is 7.41. The van der Waals surface area contributed by atoms with Crippen LogP contribution in [0.2, 0.25) is 0 Å². The van der Waals surface area contributed by atoms with Crippen molar-refractivity contribution >= 4 is 23.3 Å². The first kappa shape index (κ1) is 12.7. The zero-order valence-electron chi connectivity index (χ0n) is 9.48. The Morgan fingerprint density at radius 3 is 2.50 bits per heavy atom. The first-order valence-corrected chi connectivity index (χ1v) is 5.67. The second-order valence-electron chi connectivity index (χ2n) is 4.21. The van der Waals surface area contributed by atoms with Crippen molar-refractivity contribution in [2.45, 2.75) is 20.8 Å². The fourth-order valence-electron chi connectivity index (χ4n) is 0.819. The highest BCUT2D eigenvalue weighted by Crippen LogP contribution is 2.15. The Bertz CT molecular complexity index is 362. The molecule has 1 heterocycles. The van der Waals surface area contributed by atoms with E-state index in [1.54, 1.807) is 38.3 Å². The number of hydrogen-bond acceptors (Lipinski definition) is 5. The van der Waals surface area contributed by atoms with Gasteiger partial charge in [-0.1, -0.05) is 6.07 Å². The average Bonchev–Trinajstić information content (AvgIpc) is 2.68. The van der Waals surface area contributed by atoms with Gasteiger partial charge in [0, 0.05) is 0 Å². The summed E-state index contributed by atoms with van der Waals surface area (Å²) >= 11 is 1.28. The molecule has 0 N–H and O–H groups in total. The molecule has 0 aliphatic rings. The Labute approximate surface area is 98.2 Å². The minimum absolute atomic E-state index is 0.340. The van der Waals surface area contributed by atoms with Crippen molar-refractivity contribution in [1.82, 2.24) is 0 Å². The molecule has 0 aromatic carbocycles. The molecule has 0 radical (unpaired) electrons. The lowest BCUT2D eigenvalue weighted by molar-refractivity contribution is -0.161. The zero-order chi connectivity index (χ0) is 12.2. The maximum atomic E-state index is 11.3. The van der Waals surface area contributed by atoms with E-state index in [9.17, 15) is 9.59 Å². The van der Waals surface area contributed by atoms with Crippen LogP contribution in [0.15, 0.2) is 17.5 Å². The number of hydrogen-bond donors (Lipinski definition) is 0. The summed E-state index contributed by atoms with van der Waals surface area (Å²) in [7, 11) is 0. The molecule has 0 bridgehead atoms. The Balaban J connectivity index is 2.32. The Morgan fingerprint density at radius 2 is 2.00 bits per heavy atom. The molecule has 0 atom stereocenters. The van der Waals surface area contributed by atoms with Crippen molar-refractivity contribution in [1.29, 1.82) is 0 Å². The Kier molecular flexibility index (Phi) is 4.06. The molecular weight excluding hydrogens is 228 g/mol. The summed E-state index contributed by atoms with van der Waals surface area (Å²) in [6.45, 7) is 4.86. The van der Waals surface area contributed by atoms with E-state index in [0.29, 0.717) is 4.88 Å². The van der Waals surface area contributed by atoms with Crippen LogP contribution in [0.3, 0.4) is 0 Å². The number of thiophene rings is 1. The van der Waals surface area contributed by atoms with E-state index < -0.39 is 17.4 Å². The van der Waals surface area contributed by atoms with Crippen LogP contribution in [0.1, 0.15) is 30.4 Å². The average molecular weight is 242 g/mol. The van der Waals surface area contributed by atoms with Crippen molar-refractivity contribution in [2.24, 2.45) is 5.41 Å². The predicted molar refractivity (Wildman–Crippen MR) is 60.1 cm³/mol. The minimum atomic E-state index is -0.588. The molecule has 4 nitrogen and oxygen atoms in total. The molecule has 5 heteroatoms. The van der Waals surface area contributed by atoms with Crippen LogP contribution in [0.4, 0.5) is 0 Å². The van der Waals surface area contributed by atoms with E-state index in [1.807, 2.05) is 0 Å². The maximum absolute atomic E-state index is 11.3. The molecule has 0 spiro atoms. The quantitative estimate of drug-likeness (QED) is 0.603. The molecule has 0 aliphatic carbocycles. The first-order valence-electron chi connectivity index (χ1n) is 4.79. The van der Waals surface area contributed by atoms with Gasteiger partial charge in [-0.3, -0.25) is 4.79 Å². The van der Waals surface area contributed by atoms with E-state index in [1.165, 1.54) is 11.3 Å². The van der Waals surface area contributed by atoms with Gasteiger partial charge in [-0.15, -0.1) is 11.3 Å². The van der Waals surface area contributed by atoms with Crippen LogP contribution in [0, 0.1) is 5.41 Å². The zero-order valence-corrected chi connectivity index (χ0v) is 10.3. The van der Waals surface area contributed by atoms with Crippen molar-refractivity contribution in [2.75, 3.05) is 6.79 Å². The fourth-order valence-corrected chi connectivity index (χ4v) is 1.43. The highest BCUT2D eigenvalue weighted by molar-refractivity contribution is 7.11. The maximum Gasteiger partial charge on any atom is 0.351 e. The number of esters is 2. The van der Waals surface area contributed by atoms with E-state index in [2.05, 4.69) is 0 Å². The van der Waals surface area contributed by atoms with E-state index in [-0.39, 0.29) is 6.79 Å². The summed E-state index contributed by atoms with van der Waals surface area (Å²) in [5, 5.41) is 1.78. The highest BCUT2D eigenvalue weighted by atomic mass is 32.1. The third-order valence-corrected chi connectivity index (χ3v) is 2.56. The van der Waals surface area contributed by atoms with Gasteiger partial charge in [0.15, 0.2) is 0 Å². The van der Waals surface area contributed by atoms with E-state index in [0.717, 1.165) is 0 Å². The molecule has 0 saturated carbocycles. The van der Waals surface area contributed by atoms with Gasteiger partial charge in [-0.25, -0.2) is 4.79 Å². The SMILES string of the molecule is CC(C)(C)C(=O)OCOC(=O)c1cccs1.